The highest BCUT2D eigenvalue weighted by atomic mass is 19.3. The highest BCUT2D eigenvalue weighted by molar-refractivity contribution is 5.90. The van der Waals surface area contributed by atoms with Crippen LogP contribution in [0.4, 0.5) is 24.8 Å². The molecule has 1 amide bonds. The summed E-state index contributed by atoms with van der Waals surface area (Å²) in [7, 11) is 0. The summed E-state index contributed by atoms with van der Waals surface area (Å²) < 4.78 is 42.5. The second kappa shape index (κ2) is 6.11. The van der Waals surface area contributed by atoms with Gasteiger partial charge in [0.25, 0.3) is 0 Å². The Morgan fingerprint density at radius 1 is 1.48 bits per heavy atom. The van der Waals surface area contributed by atoms with Gasteiger partial charge in [-0.3, -0.25) is 4.79 Å². The molecule has 0 unspecified atom stereocenters. The Balaban J connectivity index is 1.99. The lowest BCUT2D eigenvalue weighted by molar-refractivity contribution is -0.116. The van der Waals surface area contributed by atoms with Crippen LogP contribution in [0.5, 0.6) is 5.75 Å². The van der Waals surface area contributed by atoms with Crippen LogP contribution in [0.3, 0.4) is 0 Å². The third kappa shape index (κ3) is 4.09. The molecule has 1 heterocycles. The molecule has 10 heteroatoms. The summed E-state index contributed by atoms with van der Waals surface area (Å²) in [5, 5.41) is 6.07. The van der Waals surface area contributed by atoms with E-state index in [-0.39, 0.29) is 18.2 Å². The fraction of sp³-hybridized carbons (Fsp3) is 0.182. The van der Waals surface area contributed by atoms with E-state index in [1.807, 2.05) is 0 Å². The highest BCUT2D eigenvalue weighted by Gasteiger charge is 2.12. The molecular formula is C11H10F3N5O2. The molecule has 1 aromatic heterocycles. The largest absolute Gasteiger partial charge is 0.432 e. The summed E-state index contributed by atoms with van der Waals surface area (Å²) in [5.41, 5.74) is 5.37. The van der Waals surface area contributed by atoms with Gasteiger partial charge in [-0.1, -0.05) is 0 Å². The van der Waals surface area contributed by atoms with Crippen LogP contribution in [0.15, 0.2) is 24.5 Å². The highest BCUT2D eigenvalue weighted by Crippen LogP contribution is 2.22. The number of anilines is 2. The van der Waals surface area contributed by atoms with Crippen LogP contribution in [0, 0.1) is 5.82 Å². The number of rotatable bonds is 5. The number of carbonyl (C=O) groups excluding carboxylic acids is 1. The van der Waals surface area contributed by atoms with E-state index in [2.05, 4.69) is 20.1 Å². The van der Waals surface area contributed by atoms with Crippen molar-refractivity contribution in [3.8, 4) is 5.75 Å². The summed E-state index contributed by atoms with van der Waals surface area (Å²) in [6, 6.07) is 3.09. The van der Waals surface area contributed by atoms with E-state index in [4.69, 9.17) is 5.73 Å². The number of hydrogen-bond donors (Lipinski definition) is 2. The van der Waals surface area contributed by atoms with Crippen molar-refractivity contribution in [2.24, 2.45) is 0 Å². The average molecular weight is 301 g/mol. The molecule has 0 radical (unpaired) electrons. The molecule has 0 saturated heterocycles. The van der Waals surface area contributed by atoms with E-state index < -0.39 is 24.1 Å². The fourth-order valence-electron chi connectivity index (χ4n) is 1.50. The molecule has 2 rings (SSSR count). The first-order valence-corrected chi connectivity index (χ1v) is 5.63. The van der Waals surface area contributed by atoms with E-state index in [0.717, 1.165) is 12.1 Å². The van der Waals surface area contributed by atoms with Gasteiger partial charge in [-0.2, -0.15) is 8.78 Å². The van der Waals surface area contributed by atoms with E-state index in [0.29, 0.717) is 0 Å². The average Bonchev–Trinajstić information content (AvgIpc) is 2.77. The quantitative estimate of drug-likeness (QED) is 0.866. The van der Waals surface area contributed by atoms with Gasteiger partial charge in [0.2, 0.25) is 11.9 Å². The van der Waals surface area contributed by atoms with Gasteiger partial charge in [0.05, 0.1) is 0 Å². The van der Waals surface area contributed by atoms with Gasteiger partial charge >= 0.3 is 6.61 Å². The molecule has 1 aromatic carbocycles. The molecule has 0 aliphatic rings. The van der Waals surface area contributed by atoms with Crippen molar-refractivity contribution in [3.63, 3.8) is 0 Å². The van der Waals surface area contributed by atoms with Crippen LogP contribution in [0.25, 0.3) is 0 Å². The number of amides is 1. The Morgan fingerprint density at radius 2 is 2.24 bits per heavy atom. The minimum absolute atomic E-state index is 0.0161. The normalized spacial score (nSPS) is 10.7. The molecule has 0 atom stereocenters. The van der Waals surface area contributed by atoms with E-state index in [9.17, 15) is 18.0 Å². The zero-order chi connectivity index (χ0) is 15.4. The number of nitrogen functional groups attached to an aromatic ring is 1. The molecule has 0 fully saturated rings. The fourth-order valence-corrected chi connectivity index (χ4v) is 1.50. The van der Waals surface area contributed by atoms with Gasteiger partial charge in [0.1, 0.15) is 12.9 Å². The number of hydrogen-bond acceptors (Lipinski definition) is 5. The number of alkyl halides is 2. The third-order valence-corrected chi connectivity index (χ3v) is 2.29. The monoisotopic (exact) mass is 301 g/mol. The summed E-state index contributed by atoms with van der Waals surface area (Å²) in [5.74, 6) is -2.12. The minimum Gasteiger partial charge on any atom is -0.432 e. The molecule has 3 N–H and O–H groups in total. The Morgan fingerprint density at radius 3 is 2.81 bits per heavy atom. The lowest BCUT2D eigenvalue weighted by atomic mass is 10.3. The maximum absolute atomic E-state index is 13.4. The second-order valence-corrected chi connectivity index (χ2v) is 3.87. The van der Waals surface area contributed by atoms with Gasteiger partial charge in [-0.15, -0.1) is 5.10 Å². The summed E-state index contributed by atoms with van der Waals surface area (Å²) in [6.45, 7) is -3.31. The number of benzene rings is 1. The molecule has 0 saturated carbocycles. The van der Waals surface area contributed by atoms with Crippen LogP contribution in [0.1, 0.15) is 0 Å². The standard InChI is InChI=1S/C11H10F3N5O2/c12-7-3-6(1-2-8(7)21-10(13)14)17-9(20)4-19-5-16-11(15)18-19/h1-3,5,10H,4H2,(H2,15,18)(H,17,20). The summed E-state index contributed by atoms with van der Waals surface area (Å²) >= 11 is 0. The number of nitrogens with one attached hydrogen (secondary N) is 1. The number of nitrogens with two attached hydrogens (primary N) is 1. The number of aromatic nitrogens is 3. The Hall–Kier alpha value is -2.78. The van der Waals surface area contributed by atoms with Crippen molar-refractivity contribution < 1.29 is 22.7 Å². The van der Waals surface area contributed by atoms with Crippen molar-refractivity contribution in [3.05, 3.63) is 30.3 Å². The molecule has 0 aliphatic carbocycles. The number of halogens is 3. The van der Waals surface area contributed by atoms with E-state index >= 15 is 0 Å². The lowest BCUT2D eigenvalue weighted by Crippen LogP contribution is -2.19. The van der Waals surface area contributed by atoms with Crippen LogP contribution in [-0.2, 0) is 11.3 Å². The minimum atomic E-state index is -3.13. The third-order valence-electron chi connectivity index (χ3n) is 2.29. The summed E-state index contributed by atoms with van der Waals surface area (Å²) in [4.78, 5) is 15.3. The maximum Gasteiger partial charge on any atom is 0.387 e. The van der Waals surface area contributed by atoms with Crippen LogP contribution >= 0.6 is 0 Å². The van der Waals surface area contributed by atoms with Crippen LogP contribution < -0.4 is 15.8 Å². The molecular weight excluding hydrogens is 291 g/mol. The van der Waals surface area contributed by atoms with E-state index in [1.165, 1.54) is 17.1 Å². The smallest absolute Gasteiger partial charge is 0.387 e. The van der Waals surface area contributed by atoms with Crippen molar-refractivity contribution in [2.75, 3.05) is 11.1 Å². The SMILES string of the molecule is Nc1ncn(CC(=O)Nc2ccc(OC(F)F)c(F)c2)n1. The molecule has 21 heavy (non-hydrogen) atoms. The zero-order valence-corrected chi connectivity index (χ0v) is 10.5. The lowest BCUT2D eigenvalue weighted by Gasteiger charge is -2.08. The first kappa shape index (κ1) is 14.6. The molecule has 0 bridgehead atoms. The zero-order valence-electron chi connectivity index (χ0n) is 10.5. The van der Waals surface area contributed by atoms with Gasteiger partial charge in [0, 0.05) is 11.8 Å². The van der Waals surface area contributed by atoms with Crippen molar-refractivity contribution >= 4 is 17.5 Å². The molecule has 112 valence electrons. The Kier molecular flexibility index (Phi) is 4.26. The van der Waals surface area contributed by atoms with Crippen molar-refractivity contribution in [2.45, 2.75) is 13.2 Å². The molecule has 7 nitrogen and oxygen atoms in total. The first-order valence-electron chi connectivity index (χ1n) is 5.63. The molecule has 0 spiro atoms. The predicted molar refractivity (Wildman–Crippen MR) is 66.1 cm³/mol. The molecule has 0 aliphatic heterocycles. The number of nitrogens with zero attached hydrogens (tertiary/aromatic N) is 3. The molecule has 2 aromatic rings. The van der Waals surface area contributed by atoms with Crippen molar-refractivity contribution in [1.29, 1.82) is 0 Å². The number of carbonyl (C=O) groups is 1. The van der Waals surface area contributed by atoms with Crippen LogP contribution in [0.2, 0.25) is 0 Å². The van der Waals surface area contributed by atoms with Gasteiger partial charge in [0.15, 0.2) is 11.6 Å². The van der Waals surface area contributed by atoms with Crippen LogP contribution in [-0.4, -0.2) is 27.3 Å². The topological polar surface area (TPSA) is 95.1 Å². The Labute approximate surface area is 116 Å². The van der Waals surface area contributed by atoms with Gasteiger partial charge in [-0.05, 0) is 12.1 Å². The first-order chi connectivity index (χ1) is 9.94. The van der Waals surface area contributed by atoms with E-state index in [1.54, 1.807) is 0 Å². The van der Waals surface area contributed by atoms with Gasteiger partial charge < -0.3 is 15.8 Å². The predicted octanol–water partition coefficient (Wildman–Crippen LogP) is 1.24. The number of ether oxygens (including phenoxy) is 1. The summed E-state index contributed by atoms with van der Waals surface area (Å²) in [6.07, 6.45) is 1.26. The maximum atomic E-state index is 13.4. The van der Waals surface area contributed by atoms with Gasteiger partial charge in [-0.25, -0.2) is 14.1 Å². The second-order valence-electron chi connectivity index (χ2n) is 3.87. The Bertz CT molecular complexity index is 647. The van der Waals surface area contributed by atoms with Crippen molar-refractivity contribution in [1.82, 2.24) is 14.8 Å².